The second kappa shape index (κ2) is 6.71. The maximum atomic E-state index is 12.3. The van der Waals surface area contributed by atoms with E-state index < -0.39 is 6.10 Å². The lowest BCUT2D eigenvalue weighted by Gasteiger charge is -2.15. The van der Waals surface area contributed by atoms with Crippen molar-refractivity contribution in [1.82, 2.24) is 14.1 Å². The van der Waals surface area contributed by atoms with Gasteiger partial charge in [0.1, 0.15) is 6.07 Å². The van der Waals surface area contributed by atoms with Crippen molar-refractivity contribution in [2.75, 3.05) is 0 Å². The number of fused-ring (bicyclic) bond motifs is 3. The molecule has 1 N–H and O–H groups in total. The number of rotatable bonds is 4. The molecule has 4 aromatic rings. The van der Waals surface area contributed by atoms with Gasteiger partial charge in [-0.25, -0.2) is 4.98 Å². The number of aromatic nitrogens is 3. The summed E-state index contributed by atoms with van der Waals surface area (Å²) in [5, 5.41) is 22.0. The van der Waals surface area contributed by atoms with E-state index in [0.29, 0.717) is 29.7 Å². The highest BCUT2D eigenvalue weighted by atomic mass is 16.3. The molecule has 1 unspecified atom stereocenters. The molecule has 0 spiro atoms. The Morgan fingerprint density at radius 3 is 2.78 bits per heavy atom. The minimum atomic E-state index is -0.678. The zero-order chi connectivity index (χ0) is 19.0. The van der Waals surface area contributed by atoms with Crippen LogP contribution in [0.2, 0.25) is 0 Å². The molecule has 0 saturated heterocycles. The van der Waals surface area contributed by atoms with E-state index in [4.69, 9.17) is 0 Å². The highest BCUT2D eigenvalue weighted by molar-refractivity contribution is 6.09. The molecule has 0 saturated carbocycles. The summed E-state index contributed by atoms with van der Waals surface area (Å²) in [7, 11) is 0. The van der Waals surface area contributed by atoms with Gasteiger partial charge in [0, 0.05) is 28.7 Å². The molecule has 0 radical (unpaired) electrons. The third-order valence-corrected chi connectivity index (χ3v) is 4.77. The largest absolute Gasteiger partial charge is 0.389 e. The molecule has 6 heteroatoms. The van der Waals surface area contributed by atoms with E-state index in [0.717, 1.165) is 16.3 Å². The number of nitrogens with zero attached hydrogens (tertiary/aromatic N) is 4. The lowest BCUT2D eigenvalue weighted by Crippen LogP contribution is -2.21. The zero-order valence-corrected chi connectivity index (χ0v) is 14.8. The van der Waals surface area contributed by atoms with Gasteiger partial charge in [0.25, 0.3) is 0 Å². The molecule has 2 heterocycles. The molecule has 0 aliphatic rings. The number of aliphatic hydroxyl groups is 1. The number of aliphatic hydroxyl groups excluding tert-OH is 1. The predicted molar refractivity (Wildman–Crippen MR) is 103 cm³/mol. The van der Waals surface area contributed by atoms with Gasteiger partial charge in [0.15, 0.2) is 5.43 Å². The van der Waals surface area contributed by atoms with Gasteiger partial charge in [-0.3, -0.25) is 4.79 Å². The number of para-hydroxylation sites is 1. The van der Waals surface area contributed by atoms with Crippen molar-refractivity contribution in [2.45, 2.75) is 26.1 Å². The van der Waals surface area contributed by atoms with Crippen molar-refractivity contribution in [3.05, 3.63) is 76.5 Å². The van der Waals surface area contributed by atoms with Crippen molar-refractivity contribution in [1.29, 1.82) is 5.26 Å². The third kappa shape index (κ3) is 2.98. The molecule has 2 aromatic carbocycles. The normalized spacial score (nSPS) is 12.3. The lowest BCUT2D eigenvalue weighted by molar-refractivity contribution is 0.137. The second-order valence-corrected chi connectivity index (χ2v) is 6.66. The first-order valence-electron chi connectivity index (χ1n) is 8.68. The van der Waals surface area contributed by atoms with Gasteiger partial charge < -0.3 is 14.2 Å². The number of benzene rings is 1. The van der Waals surface area contributed by atoms with Crippen molar-refractivity contribution in [3.63, 3.8) is 0 Å². The average Bonchev–Trinajstić information content (AvgIpc) is 3.21. The molecular weight excluding hydrogens is 340 g/mol. The average molecular weight is 358 g/mol. The maximum Gasteiger partial charge on any atom is 0.179 e. The summed E-state index contributed by atoms with van der Waals surface area (Å²) < 4.78 is 3.75. The van der Waals surface area contributed by atoms with Gasteiger partial charge in [-0.05, 0) is 30.7 Å². The highest BCUT2D eigenvalue weighted by Gasteiger charge is 2.17. The number of nitriles is 1. The van der Waals surface area contributed by atoms with Crippen LogP contribution in [0.25, 0.3) is 21.8 Å². The Morgan fingerprint density at radius 2 is 2.04 bits per heavy atom. The summed E-state index contributed by atoms with van der Waals surface area (Å²) in [6.07, 6.45) is 4.44. The smallest absolute Gasteiger partial charge is 0.179 e. The van der Waals surface area contributed by atoms with Crippen molar-refractivity contribution < 1.29 is 5.11 Å². The Hall–Kier alpha value is -3.43. The van der Waals surface area contributed by atoms with E-state index >= 15 is 0 Å². The Labute approximate surface area is 155 Å². The summed E-state index contributed by atoms with van der Waals surface area (Å²) >= 11 is 0. The highest BCUT2D eigenvalue weighted by Crippen LogP contribution is 2.31. The molecule has 0 aliphatic heterocycles. The maximum absolute atomic E-state index is 12.3. The van der Waals surface area contributed by atoms with E-state index in [1.807, 2.05) is 33.4 Å². The van der Waals surface area contributed by atoms with Crippen LogP contribution in [0, 0.1) is 18.3 Å². The summed E-state index contributed by atoms with van der Waals surface area (Å²) in [6, 6.07) is 13.0. The molecule has 0 fully saturated rings. The Kier molecular flexibility index (Phi) is 4.22. The molecule has 0 aliphatic carbocycles. The minimum absolute atomic E-state index is 0.138. The molecule has 0 amide bonds. The molecular formula is C21H18N4O2. The zero-order valence-electron chi connectivity index (χ0n) is 14.8. The fourth-order valence-electron chi connectivity index (χ4n) is 3.64. The van der Waals surface area contributed by atoms with E-state index in [1.54, 1.807) is 31.7 Å². The van der Waals surface area contributed by atoms with Crippen LogP contribution in [0.15, 0.2) is 59.9 Å². The van der Waals surface area contributed by atoms with E-state index in [-0.39, 0.29) is 5.43 Å². The minimum Gasteiger partial charge on any atom is -0.389 e. The van der Waals surface area contributed by atoms with Gasteiger partial charge in [-0.15, -0.1) is 0 Å². The van der Waals surface area contributed by atoms with Crippen LogP contribution in [-0.2, 0) is 13.1 Å². The van der Waals surface area contributed by atoms with Crippen LogP contribution in [0.5, 0.6) is 0 Å². The summed E-state index contributed by atoms with van der Waals surface area (Å²) in [4.78, 5) is 16.3. The van der Waals surface area contributed by atoms with E-state index in [9.17, 15) is 15.2 Å². The van der Waals surface area contributed by atoms with Crippen LogP contribution in [-0.4, -0.2) is 25.3 Å². The van der Waals surface area contributed by atoms with Gasteiger partial charge >= 0.3 is 0 Å². The Bertz CT molecular complexity index is 1230. The summed E-state index contributed by atoms with van der Waals surface area (Å²) in [5.41, 5.74) is 2.52. The lowest BCUT2D eigenvalue weighted by atomic mass is 10.1. The van der Waals surface area contributed by atoms with Gasteiger partial charge in [-0.2, -0.15) is 5.26 Å². The van der Waals surface area contributed by atoms with Crippen LogP contribution in [0.4, 0.5) is 0 Å². The predicted octanol–water partition coefficient (Wildman–Crippen LogP) is 2.59. The van der Waals surface area contributed by atoms with E-state index in [1.165, 1.54) is 6.07 Å². The SMILES string of the molecule is Cc1cc(=O)cc2c3ccccc3n(CC(O)Cn3ccnc3)c2c1C#N. The number of hydrogen-bond donors (Lipinski definition) is 1. The second-order valence-electron chi connectivity index (χ2n) is 6.66. The van der Waals surface area contributed by atoms with Crippen LogP contribution in [0.3, 0.4) is 0 Å². The van der Waals surface area contributed by atoms with E-state index in [2.05, 4.69) is 11.1 Å². The molecule has 27 heavy (non-hydrogen) atoms. The Morgan fingerprint density at radius 1 is 1.22 bits per heavy atom. The standard InChI is InChI=1S/C21H18N4O2/c1-14-8-15(26)9-18-17-4-2-3-5-20(17)25(21(18)19(14)10-22)12-16(27)11-24-7-6-23-13-24/h2-9,13,16,27H,11-12H2,1H3. The topological polar surface area (TPSA) is 83.8 Å². The van der Waals surface area contributed by atoms with Crippen molar-refractivity contribution in [3.8, 4) is 6.07 Å². The molecule has 4 rings (SSSR count). The van der Waals surface area contributed by atoms with Gasteiger partial charge in [0.05, 0.1) is 36.6 Å². The first-order chi connectivity index (χ1) is 13.1. The van der Waals surface area contributed by atoms with Crippen molar-refractivity contribution in [2.24, 2.45) is 0 Å². The summed E-state index contributed by atoms with van der Waals surface area (Å²) in [5.74, 6) is 0. The first kappa shape index (κ1) is 17.0. The van der Waals surface area contributed by atoms with Crippen LogP contribution in [0.1, 0.15) is 11.1 Å². The molecule has 1 atom stereocenters. The molecule has 6 nitrogen and oxygen atoms in total. The summed E-state index contributed by atoms with van der Waals surface area (Å²) in [6.45, 7) is 2.46. The molecule has 2 aromatic heterocycles. The number of hydrogen-bond acceptors (Lipinski definition) is 4. The fraction of sp³-hybridized carbons (Fsp3) is 0.190. The third-order valence-electron chi connectivity index (χ3n) is 4.77. The quantitative estimate of drug-likeness (QED) is 0.608. The number of imidazole rings is 1. The Balaban J connectivity index is 1.97. The van der Waals surface area contributed by atoms with Crippen LogP contribution < -0.4 is 5.43 Å². The molecule has 134 valence electrons. The monoisotopic (exact) mass is 358 g/mol. The van der Waals surface area contributed by atoms with Crippen LogP contribution >= 0.6 is 0 Å². The first-order valence-corrected chi connectivity index (χ1v) is 8.68. The number of aryl methyl sites for hydroxylation is 1. The van der Waals surface area contributed by atoms with Crippen molar-refractivity contribution >= 4 is 21.8 Å². The van der Waals surface area contributed by atoms with Gasteiger partial charge in [-0.1, -0.05) is 18.2 Å². The molecule has 0 bridgehead atoms. The van der Waals surface area contributed by atoms with Gasteiger partial charge in [0.2, 0.25) is 0 Å². The fourth-order valence-corrected chi connectivity index (χ4v) is 3.64.